The predicted molar refractivity (Wildman–Crippen MR) is 128 cm³/mol. The van der Waals surface area contributed by atoms with Crippen LogP contribution in [0.3, 0.4) is 0 Å². The number of fused-ring (bicyclic) bond motifs is 1. The molecule has 0 aliphatic heterocycles. The topological polar surface area (TPSA) is 104 Å². The Kier molecular flexibility index (Phi) is 5.74. The number of halogens is 2. The second-order valence-corrected chi connectivity index (χ2v) is 9.88. The van der Waals surface area contributed by atoms with E-state index < -0.39 is 11.5 Å². The van der Waals surface area contributed by atoms with Gasteiger partial charge in [0.2, 0.25) is 11.8 Å². The highest BCUT2D eigenvalue weighted by Gasteiger charge is 2.36. The molecule has 3 heterocycles. The second kappa shape index (κ2) is 8.55. The van der Waals surface area contributed by atoms with Crippen LogP contribution in [0.1, 0.15) is 51.0 Å². The van der Waals surface area contributed by atoms with Crippen LogP contribution in [0.2, 0.25) is 0 Å². The third-order valence-corrected chi connectivity index (χ3v) is 6.52. The highest BCUT2D eigenvalue weighted by Crippen LogP contribution is 2.41. The molecule has 1 N–H and O–H groups in total. The first-order chi connectivity index (χ1) is 16.9. The molecule has 1 aliphatic carbocycles. The molecule has 0 spiro atoms. The van der Waals surface area contributed by atoms with Crippen LogP contribution in [0.4, 0.5) is 8.78 Å². The Morgan fingerprint density at radius 2 is 1.86 bits per heavy atom. The lowest BCUT2D eigenvalue weighted by molar-refractivity contribution is -0.0581. The molecule has 1 aliphatic rings. The summed E-state index contributed by atoms with van der Waals surface area (Å²) in [6.07, 6.45) is 1.23. The van der Waals surface area contributed by atoms with Gasteiger partial charge in [0.25, 0.3) is 11.4 Å². The van der Waals surface area contributed by atoms with Gasteiger partial charge in [-0.3, -0.25) is 4.79 Å². The molecule has 1 aromatic carbocycles. The fourth-order valence-corrected chi connectivity index (χ4v) is 4.48. The van der Waals surface area contributed by atoms with Crippen molar-refractivity contribution in [3.63, 3.8) is 0 Å². The minimum Gasteiger partial charge on any atom is -0.490 e. The molecule has 1 fully saturated rings. The van der Waals surface area contributed by atoms with Crippen LogP contribution in [-0.2, 0) is 12.6 Å². The minimum absolute atomic E-state index is 0.140. The highest BCUT2D eigenvalue weighted by atomic mass is 19.3. The summed E-state index contributed by atoms with van der Waals surface area (Å²) in [5.74, 6) is -1.49. The van der Waals surface area contributed by atoms with E-state index in [4.69, 9.17) is 13.6 Å². The van der Waals surface area contributed by atoms with E-state index in [9.17, 15) is 18.7 Å². The van der Waals surface area contributed by atoms with Crippen molar-refractivity contribution in [3.05, 3.63) is 52.3 Å². The molecule has 0 amide bonds. The van der Waals surface area contributed by atoms with E-state index in [0.29, 0.717) is 33.7 Å². The number of aliphatic hydroxyl groups is 1. The fourth-order valence-electron chi connectivity index (χ4n) is 4.48. The first kappa shape index (κ1) is 24.2. The van der Waals surface area contributed by atoms with E-state index in [2.05, 4.69) is 10.2 Å². The molecule has 0 bridgehead atoms. The number of furan rings is 1. The first-order valence-electron chi connectivity index (χ1n) is 11.8. The van der Waals surface area contributed by atoms with Crippen LogP contribution < -0.4 is 10.3 Å². The standard InChI is InChI=1S/C26H27F2N3O5/c1-14-29-30-23(34-14)21-12-18-22(36-21)19(13-31(4)24(18)32)17-11-15(25(2,3)33)5-6-20(17)35-16-7-9-26(27,28)10-8-16/h5-6,11-13,16,33H,7-10H2,1-4H3. The summed E-state index contributed by atoms with van der Waals surface area (Å²) in [4.78, 5) is 12.9. The van der Waals surface area contributed by atoms with Crippen LogP contribution in [0.25, 0.3) is 33.7 Å². The van der Waals surface area contributed by atoms with Crippen molar-refractivity contribution in [3.8, 4) is 28.5 Å². The van der Waals surface area contributed by atoms with Gasteiger partial charge in [0, 0.05) is 50.2 Å². The zero-order chi connectivity index (χ0) is 25.8. The molecule has 3 aromatic heterocycles. The Balaban J connectivity index is 1.67. The summed E-state index contributed by atoms with van der Waals surface area (Å²) < 4.78 is 46.6. The van der Waals surface area contributed by atoms with Gasteiger partial charge >= 0.3 is 0 Å². The highest BCUT2D eigenvalue weighted by molar-refractivity contribution is 5.95. The van der Waals surface area contributed by atoms with Crippen molar-refractivity contribution < 1.29 is 27.5 Å². The van der Waals surface area contributed by atoms with Crippen molar-refractivity contribution in [2.24, 2.45) is 7.05 Å². The summed E-state index contributed by atoms with van der Waals surface area (Å²) in [5, 5.41) is 18.8. The average Bonchev–Trinajstić information content (AvgIpc) is 3.44. The second-order valence-electron chi connectivity index (χ2n) is 9.88. The monoisotopic (exact) mass is 499 g/mol. The fraction of sp³-hybridized carbons (Fsp3) is 0.423. The van der Waals surface area contributed by atoms with Crippen molar-refractivity contribution >= 4 is 11.0 Å². The average molecular weight is 500 g/mol. The number of ether oxygens (including phenoxy) is 1. The largest absolute Gasteiger partial charge is 0.490 e. The van der Waals surface area contributed by atoms with Gasteiger partial charge in [-0.2, -0.15) is 0 Å². The SMILES string of the molecule is Cc1nnc(-c2cc3c(=O)n(C)cc(-c4cc(C(C)(C)O)ccc4OC4CCC(F)(F)CC4)c3o2)o1. The number of benzene rings is 1. The molecule has 5 rings (SSSR count). The van der Waals surface area contributed by atoms with E-state index in [0.717, 1.165) is 0 Å². The zero-order valence-corrected chi connectivity index (χ0v) is 20.5. The van der Waals surface area contributed by atoms with Gasteiger partial charge in [-0.05, 0) is 44.4 Å². The number of rotatable bonds is 5. The molecule has 0 unspecified atom stereocenters. The first-order valence-corrected chi connectivity index (χ1v) is 11.8. The van der Waals surface area contributed by atoms with E-state index >= 15 is 0 Å². The lowest BCUT2D eigenvalue weighted by atomic mass is 9.92. The van der Waals surface area contributed by atoms with Crippen molar-refractivity contribution in [1.82, 2.24) is 14.8 Å². The molecule has 0 atom stereocenters. The molecule has 8 nitrogen and oxygen atoms in total. The normalized spacial score (nSPS) is 16.5. The maximum atomic E-state index is 13.7. The number of aryl methyl sites for hydroxylation is 2. The van der Waals surface area contributed by atoms with Gasteiger partial charge in [0.1, 0.15) is 11.3 Å². The molecular formula is C26H27F2N3O5. The number of hydrogen-bond acceptors (Lipinski definition) is 7. The number of aromatic nitrogens is 3. The Morgan fingerprint density at radius 1 is 1.14 bits per heavy atom. The van der Waals surface area contributed by atoms with Crippen molar-refractivity contribution in [1.29, 1.82) is 0 Å². The van der Waals surface area contributed by atoms with E-state index in [1.165, 1.54) is 4.57 Å². The minimum atomic E-state index is -2.67. The third-order valence-electron chi connectivity index (χ3n) is 6.52. The van der Waals surface area contributed by atoms with Gasteiger partial charge in [-0.25, -0.2) is 8.78 Å². The molecule has 0 saturated heterocycles. The number of hydrogen-bond donors (Lipinski definition) is 1. The number of nitrogens with zero attached hydrogens (tertiary/aromatic N) is 3. The number of alkyl halides is 2. The predicted octanol–water partition coefficient (Wildman–Crippen LogP) is 5.34. The van der Waals surface area contributed by atoms with Gasteiger partial charge in [-0.15, -0.1) is 10.2 Å². The van der Waals surface area contributed by atoms with Crippen LogP contribution in [0.5, 0.6) is 5.75 Å². The van der Waals surface area contributed by atoms with Crippen LogP contribution in [0, 0.1) is 6.92 Å². The molecule has 1 saturated carbocycles. The van der Waals surface area contributed by atoms with Crippen LogP contribution >= 0.6 is 0 Å². The summed E-state index contributed by atoms with van der Waals surface area (Å²) >= 11 is 0. The number of pyridine rings is 1. The molecule has 4 aromatic rings. The maximum absolute atomic E-state index is 13.7. The van der Waals surface area contributed by atoms with Gasteiger partial charge in [-0.1, -0.05) is 6.07 Å². The Morgan fingerprint density at radius 3 is 2.50 bits per heavy atom. The Labute approximate surface area is 205 Å². The summed E-state index contributed by atoms with van der Waals surface area (Å²) in [6, 6.07) is 6.78. The maximum Gasteiger partial charge on any atom is 0.283 e. The summed E-state index contributed by atoms with van der Waals surface area (Å²) in [7, 11) is 1.62. The summed E-state index contributed by atoms with van der Waals surface area (Å²) in [5.41, 5.74) is 0.566. The Hall–Kier alpha value is -3.53. The van der Waals surface area contributed by atoms with Crippen molar-refractivity contribution in [2.75, 3.05) is 0 Å². The van der Waals surface area contributed by atoms with Crippen LogP contribution in [0.15, 0.2) is 44.1 Å². The molecule has 10 heteroatoms. The van der Waals surface area contributed by atoms with Crippen LogP contribution in [-0.4, -0.2) is 31.9 Å². The zero-order valence-electron chi connectivity index (χ0n) is 20.5. The van der Waals surface area contributed by atoms with Gasteiger partial charge in [0.15, 0.2) is 5.76 Å². The molecule has 36 heavy (non-hydrogen) atoms. The Bertz CT molecular complexity index is 1490. The molecule has 0 radical (unpaired) electrons. The lowest BCUT2D eigenvalue weighted by Gasteiger charge is -2.30. The summed E-state index contributed by atoms with van der Waals surface area (Å²) in [6.45, 7) is 4.97. The van der Waals surface area contributed by atoms with E-state index in [1.807, 2.05) is 0 Å². The van der Waals surface area contributed by atoms with Gasteiger partial charge < -0.3 is 23.2 Å². The lowest BCUT2D eigenvalue weighted by Crippen LogP contribution is -2.30. The smallest absolute Gasteiger partial charge is 0.283 e. The van der Waals surface area contributed by atoms with Gasteiger partial charge in [0.05, 0.1) is 17.1 Å². The third kappa shape index (κ3) is 4.53. The van der Waals surface area contributed by atoms with E-state index in [-0.39, 0.29) is 54.6 Å². The molecular weight excluding hydrogens is 472 g/mol. The van der Waals surface area contributed by atoms with E-state index in [1.54, 1.807) is 58.3 Å². The quantitative estimate of drug-likeness (QED) is 0.395. The molecule has 190 valence electrons. The van der Waals surface area contributed by atoms with Crippen molar-refractivity contribution in [2.45, 2.75) is 64.1 Å².